The molecule has 1 aliphatic rings. The maximum absolute atomic E-state index is 11.7. The molecule has 5 aromatic rings. The SMILES string of the molecule is Cc1c(NCc2ccc(Cc3cccc(Oc4cccc(OCc5ccc6c(c5)OCO6)c4)c3)cc2)cccc1NS(C)(=O)=O. The van der Waals surface area contributed by atoms with E-state index in [9.17, 15) is 8.42 Å². The molecule has 0 bridgehead atoms. The lowest BCUT2D eigenvalue weighted by atomic mass is 10.0. The van der Waals surface area contributed by atoms with Gasteiger partial charge >= 0.3 is 0 Å². The second kappa shape index (κ2) is 13.2. The highest BCUT2D eigenvalue weighted by molar-refractivity contribution is 7.92. The molecular weight excluding hydrogens is 588 g/mol. The number of hydrogen-bond acceptors (Lipinski definition) is 7. The Morgan fingerprint density at radius 1 is 0.689 bits per heavy atom. The molecule has 8 nitrogen and oxygen atoms in total. The van der Waals surface area contributed by atoms with Crippen molar-refractivity contribution in [3.05, 3.63) is 137 Å². The number of sulfonamides is 1. The van der Waals surface area contributed by atoms with Crippen molar-refractivity contribution in [3.8, 4) is 28.7 Å². The van der Waals surface area contributed by atoms with Crippen LogP contribution in [0.15, 0.2) is 109 Å². The normalized spacial score (nSPS) is 12.0. The topological polar surface area (TPSA) is 95.1 Å². The zero-order valence-corrected chi connectivity index (χ0v) is 25.9. The van der Waals surface area contributed by atoms with E-state index in [1.54, 1.807) is 6.07 Å². The molecule has 230 valence electrons. The van der Waals surface area contributed by atoms with E-state index in [1.807, 2.05) is 73.7 Å². The number of anilines is 2. The summed E-state index contributed by atoms with van der Waals surface area (Å²) in [4.78, 5) is 0. The van der Waals surface area contributed by atoms with Crippen molar-refractivity contribution in [2.45, 2.75) is 26.5 Å². The van der Waals surface area contributed by atoms with Crippen molar-refractivity contribution < 1.29 is 27.4 Å². The first-order chi connectivity index (χ1) is 21.8. The minimum Gasteiger partial charge on any atom is -0.489 e. The van der Waals surface area contributed by atoms with Crippen LogP contribution in [-0.4, -0.2) is 21.5 Å². The van der Waals surface area contributed by atoms with Gasteiger partial charge in [-0.3, -0.25) is 4.72 Å². The van der Waals surface area contributed by atoms with Gasteiger partial charge in [0.15, 0.2) is 11.5 Å². The number of rotatable bonds is 12. The first-order valence-corrected chi connectivity index (χ1v) is 16.4. The van der Waals surface area contributed by atoms with E-state index >= 15 is 0 Å². The van der Waals surface area contributed by atoms with E-state index < -0.39 is 10.0 Å². The lowest BCUT2D eigenvalue weighted by Crippen LogP contribution is -2.11. The molecular formula is C36H34N2O6S. The molecule has 2 N–H and O–H groups in total. The predicted molar refractivity (Wildman–Crippen MR) is 176 cm³/mol. The van der Waals surface area contributed by atoms with Crippen LogP contribution in [0.3, 0.4) is 0 Å². The summed E-state index contributed by atoms with van der Waals surface area (Å²) in [5.41, 5.74) is 6.74. The van der Waals surface area contributed by atoms with Crippen LogP contribution in [0.1, 0.15) is 27.8 Å². The van der Waals surface area contributed by atoms with Gasteiger partial charge in [-0.25, -0.2) is 8.42 Å². The summed E-state index contributed by atoms with van der Waals surface area (Å²) in [6.07, 6.45) is 1.92. The highest BCUT2D eigenvalue weighted by Gasteiger charge is 2.13. The molecule has 0 radical (unpaired) electrons. The molecule has 0 unspecified atom stereocenters. The Balaban J connectivity index is 1.03. The molecule has 0 atom stereocenters. The van der Waals surface area contributed by atoms with Gasteiger partial charge in [-0.15, -0.1) is 0 Å². The first-order valence-electron chi connectivity index (χ1n) is 14.5. The quantitative estimate of drug-likeness (QED) is 0.147. The van der Waals surface area contributed by atoms with Gasteiger partial charge < -0.3 is 24.3 Å². The standard InChI is InChI=1S/C36H34N2O6S/c1-25-33(10-5-11-34(25)38-45(2,39)40)37-22-27-14-12-26(13-15-27)18-28-6-3-8-31(19-28)44-32-9-4-7-30(21-32)41-23-29-16-17-35-36(20-29)43-24-42-35/h3-17,19-21,37-38H,18,22-24H2,1-2H3. The first kappa shape index (κ1) is 29.9. The minimum atomic E-state index is -3.34. The monoisotopic (exact) mass is 622 g/mol. The molecule has 0 spiro atoms. The van der Waals surface area contributed by atoms with Crippen LogP contribution in [0.5, 0.6) is 28.7 Å². The molecule has 6 rings (SSSR count). The fourth-order valence-corrected chi connectivity index (χ4v) is 5.65. The number of hydrogen-bond donors (Lipinski definition) is 2. The molecule has 45 heavy (non-hydrogen) atoms. The Bertz CT molecular complexity index is 1910. The Morgan fingerprint density at radius 2 is 1.36 bits per heavy atom. The summed E-state index contributed by atoms with van der Waals surface area (Å²) in [6, 6.07) is 35.5. The van der Waals surface area contributed by atoms with Gasteiger partial charge in [0.25, 0.3) is 0 Å². The maximum atomic E-state index is 11.7. The number of benzene rings is 5. The Kier molecular flexibility index (Phi) is 8.79. The maximum Gasteiger partial charge on any atom is 0.231 e. The highest BCUT2D eigenvalue weighted by atomic mass is 32.2. The van der Waals surface area contributed by atoms with Crippen molar-refractivity contribution in [3.63, 3.8) is 0 Å². The zero-order valence-electron chi connectivity index (χ0n) is 25.1. The summed E-state index contributed by atoms with van der Waals surface area (Å²) in [6.45, 7) is 3.16. The summed E-state index contributed by atoms with van der Waals surface area (Å²) in [7, 11) is -3.34. The van der Waals surface area contributed by atoms with Crippen LogP contribution in [0.25, 0.3) is 0 Å². The summed E-state index contributed by atoms with van der Waals surface area (Å²) in [5.74, 6) is 3.65. The molecule has 0 saturated heterocycles. The van der Waals surface area contributed by atoms with E-state index in [0.717, 1.165) is 57.9 Å². The van der Waals surface area contributed by atoms with Crippen molar-refractivity contribution in [1.29, 1.82) is 0 Å². The van der Waals surface area contributed by atoms with Crippen molar-refractivity contribution >= 4 is 21.4 Å². The van der Waals surface area contributed by atoms with E-state index in [1.165, 1.54) is 5.56 Å². The molecule has 9 heteroatoms. The van der Waals surface area contributed by atoms with Crippen molar-refractivity contribution in [2.24, 2.45) is 0 Å². The van der Waals surface area contributed by atoms with Crippen LogP contribution in [0.4, 0.5) is 11.4 Å². The average Bonchev–Trinajstić information content (AvgIpc) is 3.49. The van der Waals surface area contributed by atoms with Gasteiger partial charge in [-0.1, -0.05) is 54.6 Å². The fourth-order valence-electron chi connectivity index (χ4n) is 5.03. The molecule has 0 saturated carbocycles. The molecule has 0 aromatic heterocycles. The summed E-state index contributed by atoms with van der Waals surface area (Å²) >= 11 is 0. The number of fused-ring (bicyclic) bond motifs is 1. The lowest BCUT2D eigenvalue weighted by Gasteiger charge is -2.14. The third kappa shape index (κ3) is 8.07. The van der Waals surface area contributed by atoms with Crippen molar-refractivity contribution in [1.82, 2.24) is 0 Å². The van der Waals surface area contributed by atoms with E-state index in [4.69, 9.17) is 18.9 Å². The Hall–Kier alpha value is -5.15. The van der Waals surface area contributed by atoms with Gasteiger partial charge in [0.2, 0.25) is 16.8 Å². The minimum absolute atomic E-state index is 0.247. The number of nitrogens with one attached hydrogen (secondary N) is 2. The van der Waals surface area contributed by atoms with Gasteiger partial charge in [-0.05, 0) is 89.7 Å². The second-order valence-electron chi connectivity index (χ2n) is 10.9. The van der Waals surface area contributed by atoms with E-state index in [2.05, 4.69) is 46.4 Å². The fraction of sp³-hybridized carbons (Fsp3) is 0.167. The molecule has 0 fully saturated rings. The lowest BCUT2D eigenvalue weighted by molar-refractivity contribution is 0.174. The zero-order chi connectivity index (χ0) is 31.2. The van der Waals surface area contributed by atoms with E-state index in [-0.39, 0.29) is 6.79 Å². The van der Waals surface area contributed by atoms with Crippen LogP contribution in [0, 0.1) is 6.92 Å². The van der Waals surface area contributed by atoms with Crippen LogP contribution in [-0.2, 0) is 29.6 Å². The molecule has 1 heterocycles. The molecule has 0 amide bonds. The largest absolute Gasteiger partial charge is 0.489 e. The third-order valence-electron chi connectivity index (χ3n) is 7.33. The Labute approximate surface area is 263 Å². The average molecular weight is 623 g/mol. The van der Waals surface area contributed by atoms with Crippen molar-refractivity contribution in [2.75, 3.05) is 23.1 Å². The summed E-state index contributed by atoms with van der Waals surface area (Å²) < 4.78 is 48.9. The molecule has 0 aliphatic carbocycles. The van der Waals surface area contributed by atoms with Gasteiger partial charge in [0.05, 0.1) is 11.9 Å². The smallest absolute Gasteiger partial charge is 0.231 e. The van der Waals surface area contributed by atoms with Gasteiger partial charge in [0.1, 0.15) is 23.9 Å². The third-order valence-corrected chi connectivity index (χ3v) is 7.92. The second-order valence-corrected chi connectivity index (χ2v) is 12.6. The van der Waals surface area contributed by atoms with Gasteiger partial charge in [-0.2, -0.15) is 0 Å². The number of ether oxygens (including phenoxy) is 4. The van der Waals surface area contributed by atoms with E-state index in [0.29, 0.717) is 30.3 Å². The Morgan fingerprint density at radius 3 is 2.18 bits per heavy atom. The van der Waals surface area contributed by atoms with Crippen LogP contribution in [0.2, 0.25) is 0 Å². The molecule has 5 aromatic carbocycles. The predicted octanol–water partition coefficient (Wildman–Crippen LogP) is 7.67. The highest BCUT2D eigenvalue weighted by Crippen LogP contribution is 2.33. The summed E-state index contributed by atoms with van der Waals surface area (Å²) in [5, 5.41) is 3.41. The van der Waals surface area contributed by atoms with Crippen LogP contribution < -0.4 is 29.0 Å². The van der Waals surface area contributed by atoms with Gasteiger partial charge in [0, 0.05) is 18.3 Å². The molecule has 1 aliphatic heterocycles. The van der Waals surface area contributed by atoms with Crippen LogP contribution >= 0.6 is 0 Å².